The Labute approximate surface area is 258 Å². The van der Waals surface area contributed by atoms with Gasteiger partial charge in [-0.3, -0.25) is 24.6 Å². The molecule has 0 saturated carbocycles. The Hall–Kier alpha value is -4.09. The first-order valence-electron chi connectivity index (χ1n) is 15.6. The topological polar surface area (TPSA) is 116 Å². The van der Waals surface area contributed by atoms with Gasteiger partial charge in [-0.15, -0.1) is 0 Å². The highest BCUT2D eigenvalue weighted by molar-refractivity contribution is 6.01. The van der Waals surface area contributed by atoms with E-state index in [1.165, 1.54) is 15.8 Å². The number of anilines is 2. The molecule has 0 radical (unpaired) electrons. The highest BCUT2D eigenvalue weighted by Crippen LogP contribution is 2.30. The molecule has 232 valence electrons. The minimum Gasteiger partial charge on any atom is -0.379 e. The van der Waals surface area contributed by atoms with Gasteiger partial charge in [-0.25, -0.2) is 9.67 Å². The van der Waals surface area contributed by atoms with Gasteiger partial charge in [0.1, 0.15) is 5.82 Å². The van der Waals surface area contributed by atoms with Crippen LogP contribution in [0, 0.1) is 6.92 Å². The summed E-state index contributed by atoms with van der Waals surface area (Å²) in [5.41, 5.74) is 5.03. The standard InChI is InChI=1S/C33H42N8O3/c1-22-29(18-35-39(3)33(22)44)36-27-16-26(20-38(2)21-27)24-6-4-23(5-7-24)19-40-12-14-41(15-13-40)30-17-25(10-11-34-30)28-8-9-31(42)37-32(28)43/h4-7,10-11,17-18,26-28,36H,8-9,12-16,19-21H2,1-3H3,(H,37,42,43)/t26-,27+,28?/m0/s1. The van der Waals surface area contributed by atoms with Gasteiger partial charge in [-0.1, -0.05) is 24.3 Å². The van der Waals surface area contributed by atoms with Crippen LogP contribution in [0.5, 0.6) is 0 Å². The van der Waals surface area contributed by atoms with Gasteiger partial charge >= 0.3 is 0 Å². The lowest BCUT2D eigenvalue weighted by Crippen LogP contribution is -2.46. The number of piperidine rings is 2. The minimum atomic E-state index is -0.296. The number of likely N-dealkylation sites (N-methyl/N-ethyl adjacent to an activating group) is 1. The quantitative estimate of drug-likeness (QED) is 0.395. The molecule has 11 heteroatoms. The molecule has 1 aromatic carbocycles. The van der Waals surface area contributed by atoms with Gasteiger partial charge in [0.2, 0.25) is 11.8 Å². The van der Waals surface area contributed by atoms with Gasteiger partial charge in [0.15, 0.2) is 0 Å². The summed E-state index contributed by atoms with van der Waals surface area (Å²) in [6.07, 6.45) is 5.44. The highest BCUT2D eigenvalue weighted by atomic mass is 16.2. The Kier molecular flexibility index (Phi) is 8.76. The lowest BCUT2D eigenvalue weighted by atomic mass is 9.87. The van der Waals surface area contributed by atoms with Gasteiger partial charge in [0.05, 0.1) is 17.8 Å². The van der Waals surface area contributed by atoms with Crippen molar-refractivity contribution in [1.29, 1.82) is 0 Å². The fraction of sp³-hybridized carbons (Fsp3) is 0.485. The van der Waals surface area contributed by atoms with E-state index >= 15 is 0 Å². The third-order valence-corrected chi connectivity index (χ3v) is 9.34. The number of pyridine rings is 1. The maximum absolute atomic E-state index is 12.4. The Morgan fingerprint density at radius 2 is 1.75 bits per heavy atom. The number of aryl methyl sites for hydroxylation is 1. The molecule has 2 amide bonds. The zero-order valence-corrected chi connectivity index (χ0v) is 25.8. The first kappa shape index (κ1) is 30.0. The van der Waals surface area contributed by atoms with E-state index in [0.29, 0.717) is 24.3 Å². The predicted octanol–water partition coefficient (Wildman–Crippen LogP) is 2.23. The Morgan fingerprint density at radius 1 is 0.977 bits per heavy atom. The number of benzene rings is 1. The second-order valence-corrected chi connectivity index (χ2v) is 12.6. The SMILES string of the molecule is Cc1c(N[C@@H]2C[C@H](c3ccc(CN4CCN(c5cc(C6CCC(=O)NC6=O)ccn5)CC4)cc3)CN(C)C2)cnn(C)c1=O. The van der Waals surface area contributed by atoms with Gasteiger partial charge in [-0.2, -0.15) is 5.10 Å². The van der Waals surface area contributed by atoms with E-state index in [2.05, 4.69) is 66.7 Å². The predicted molar refractivity (Wildman–Crippen MR) is 170 cm³/mol. The molecular formula is C33H42N8O3. The molecule has 3 aromatic rings. The van der Waals surface area contributed by atoms with Gasteiger partial charge in [0, 0.05) is 77.1 Å². The fourth-order valence-electron chi connectivity index (χ4n) is 6.81. The summed E-state index contributed by atoms with van der Waals surface area (Å²) in [7, 11) is 3.84. The number of piperazine rings is 1. The van der Waals surface area contributed by atoms with E-state index in [9.17, 15) is 14.4 Å². The number of carbonyl (C=O) groups excluding carboxylic acids is 2. The monoisotopic (exact) mass is 598 g/mol. The van der Waals surface area contributed by atoms with Crippen LogP contribution in [0.2, 0.25) is 0 Å². The second kappa shape index (κ2) is 12.9. The Morgan fingerprint density at radius 3 is 2.50 bits per heavy atom. The molecule has 0 spiro atoms. The molecule has 3 saturated heterocycles. The third-order valence-electron chi connectivity index (χ3n) is 9.34. The lowest BCUT2D eigenvalue weighted by molar-refractivity contribution is -0.134. The van der Waals surface area contributed by atoms with Crippen molar-refractivity contribution >= 4 is 23.3 Å². The van der Waals surface area contributed by atoms with Crippen molar-refractivity contribution in [2.45, 2.75) is 50.6 Å². The first-order valence-corrected chi connectivity index (χ1v) is 15.6. The molecule has 3 aliphatic rings. The Bertz CT molecular complexity index is 1560. The van der Waals surface area contributed by atoms with Crippen LogP contribution < -0.4 is 21.1 Å². The average Bonchev–Trinajstić information content (AvgIpc) is 3.02. The number of hydrogen-bond acceptors (Lipinski definition) is 9. The van der Waals surface area contributed by atoms with E-state index in [4.69, 9.17) is 0 Å². The molecule has 3 atom stereocenters. The molecule has 1 unspecified atom stereocenters. The van der Waals surface area contributed by atoms with Crippen LogP contribution in [0.25, 0.3) is 0 Å². The normalized spacial score (nSPS) is 23.4. The average molecular weight is 599 g/mol. The number of hydrogen-bond donors (Lipinski definition) is 2. The molecule has 2 aromatic heterocycles. The molecular weight excluding hydrogens is 556 g/mol. The molecule has 5 heterocycles. The van der Waals surface area contributed by atoms with Crippen LogP contribution in [0.1, 0.15) is 53.4 Å². The lowest BCUT2D eigenvalue weighted by Gasteiger charge is -2.37. The van der Waals surface area contributed by atoms with Crippen molar-refractivity contribution in [1.82, 2.24) is 29.9 Å². The van der Waals surface area contributed by atoms with Crippen LogP contribution in [0.3, 0.4) is 0 Å². The summed E-state index contributed by atoms with van der Waals surface area (Å²) in [5.74, 6) is 0.598. The fourth-order valence-corrected chi connectivity index (χ4v) is 6.81. The van der Waals surface area contributed by atoms with Crippen LogP contribution in [-0.4, -0.2) is 88.7 Å². The number of imide groups is 1. The third kappa shape index (κ3) is 6.68. The molecule has 3 fully saturated rings. The van der Waals surface area contributed by atoms with Crippen LogP contribution in [-0.2, 0) is 23.2 Å². The van der Waals surface area contributed by atoms with Crippen LogP contribution >= 0.6 is 0 Å². The molecule has 0 aliphatic carbocycles. The number of rotatable bonds is 7. The largest absolute Gasteiger partial charge is 0.379 e. The summed E-state index contributed by atoms with van der Waals surface area (Å²) < 4.78 is 1.37. The van der Waals surface area contributed by atoms with Crippen molar-refractivity contribution in [3.8, 4) is 0 Å². The second-order valence-electron chi connectivity index (χ2n) is 12.6. The van der Waals surface area contributed by atoms with Gasteiger partial charge in [-0.05, 0) is 61.6 Å². The van der Waals surface area contributed by atoms with E-state index < -0.39 is 0 Å². The minimum absolute atomic E-state index is 0.0663. The number of aromatic nitrogens is 3. The highest BCUT2D eigenvalue weighted by Gasteiger charge is 2.29. The molecule has 0 bridgehead atoms. The molecule has 44 heavy (non-hydrogen) atoms. The summed E-state index contributed by atoms with van der Waals surface area (Å²) in [5, 5.41) is 10.2. The van der Waals surface area contributed by atoms with E-state index in [-0.39, 0.29) is 29.3 Å². The number of carbonyl (C=O) groups is 2. The summed E-state index contributed by atoms with van der Waals surface area (Å²) >= 11 is 0. The van der Waals surface area contributed by atoms with Crippen molar-refractivity contribution in [2.24, 2.45) is 7.05 Å². The summed E-state index contributed by atoms with van der Waals surface area (Å²) in [4.78, 5) is 48.0. The molecule has 11 nitrogen and oxygen atoms in total. The smallest absolute Gasteiger partial charge is 0.271 e. The van der Waals surface area contributed by atoms with Gasteiger partial charge in [0.25, 0.3) is 5.56 Å². The van der Waals surface area contributed by atoms with Crippen molar-refractivity contribution in [3.63, 3.8) is 0 Å². The van der Waals surface area contributed by atoms with E-state index in [1.807, 2.05) is 19.1 Å². The van der Waals surface area contributed by atoms with Crippen molar-refractivity contribution in [2.75, 3.05) is 56.5 Å². The summed E-state index contributed by atoms with van der Waals surface area (Å²) in [6, 6.07) is 13.2. The number of nitrogens with one attached hydrogen (secondary N) is 2. The Balaban J connectivity index is 1.02. The number of amides is 2. The van der Waals surface area contributed by atoms with E-state index in [0.717, 1.165) is 69.3 Å². The maximum Gasteiger partial charge on any atom is 0.271 e. The molecule has 2 N–H and O–H groups in total. The van der Waals surface area contributed by atoms with Gasteiger partial charge < -0.3 is 15.1 Å². The zero-order valence-electron chi connectivity index (χ0n) is 25.8. The first-order chi connectivity index (χ1) is 21.2. The maximum atomic E-state index is 12.4. The van der Waals surface area contributed by atoms with Crippen LogP contribution in [0.15, 0.2) is 53.6 Å². The zero-order chi connectivity index (χ0) is 30.8. The van der Waals surface area contributed by atoms with Crippen LogP contribution in [0.4, 0.5) is 11.5 Å². The van der Waals surface area contributed by atoms with Crippen molar-refractivity contribution < 1.29 is 9.59 Å². The van der Waals surface area contributed by atoms with Crippen molar-refractivity contribution in [3.05, 3.63) is 81.4 Å². The number of nitrogens with zero attached hydrogens (tertiary/aromatic N) is 6. The molecule has 6 rings (SSSR count). The molecule has 3 aliphatic heterocycles. The number of likely N-dealkylation sites (tertiary alicyclic amines) is 1. The summed E-state index contributed by atoms with van der Waals surface area (Å²) in [6.45, 7) is 8.30. The van der Waals surface area contributed by atoms with E-state index in [1.54, 1.807) is 19.4 Å².